The third-order valence-corrected chi connectivity index (χ3v) is 5.11. The van der Waals surface area contributed by atoms with Crippen LogP contribution in [0.3, 0.4) is 0 Å². The second-order valence-electron chi connectivity index (χ2n) is 7.50. The van der Waals surface area contributed by atoms with Gasteiger partial charge in [-0.05, 0) is 35.1 Å². The van der Waals surface area contributed by atoms with Crippen LogP contribution in [-0.4, -0.2) is 26.5 Å². The van der Waals surface area contributed by atoms with Gasteiger partial charge in [-0.2, -0.15) is 0 Å². The van der Waals surface area contributed by atoms with Crippen molar-refractivity contribution in [2.24, 2.45) is 4.99 Å². The van der Waals surface area contributed by atoms with Gasteiger partial charge in [0.15, 0.2) is 0 Å². The van der Waals surface area contributed by atoms with Crippen molar-refractivity contribution in [2.75, 3.05) is 23.9 Å². The van der Waals surface area contributed by atoms with Crippen LogP contribution in [0.2, 0.25) is 0 Å². The Bertz CT molecular complexity index is 721. The van der Waals surface area contributed by atoms with Crippen molar-refractivity contribution in [1.82, 2.24) is 0 Å². The number of para-hydroxylation sites is 3. The molecule has 25 heavy (non-hydrogen) atoms. The first kappa shape index (κ1) is 17.5. The smallest absolute Gasteiger partial charge is 0.138 e. The maximum Gasteiger partial charge on any atom is 0.138 e. The summed E-state index contributed by atoms with van der Waals surface area (Å²) in [5, 5.41) is 0. The Balaban J connectivity index is 1.98. The Morgan fingerprint density at radius 2 is 1.28 bits per heavy atom. The molecule has 0 aromatic heterocycles. The number of hydrogen-bond donors (Lipinski definition) is 0. The first-order chi connectivity index (χ1) is 11.9. The zero-order valence-electron chi connectivity index (χ0n) is 16.2. The van der Waals surface area contributed by atoms with E-state index in [0.717, 1.165) is 5.69 Å². The fraction of sp³-hybridized carbons (Fsp3) is 0.409. The van der Waals surface area contributed by atoms with E-state index in [-0.39, 0.29) is 6.17 Å². The van der Waals surface area contributed by atoms with Gasteiger partial charge in [0.05, 0.1) is 17.1 Å². The zero-order chi connectivity index (χ0) is 18.1. The van der Waals surface area contributed by atoms with E-state index >= 15 is 0 Å². The summed E-state index contributed by atoms with van der Waals surface area (Å²) in [5.41, 5.74) is 6.29. The molecule has 3 nitrogen and oxygen atoms in total. The quantitative estimate of drug-likeness (QED) is 0.682. The Labute approximate surface area is 152 Å². The summed E-state index contributed by atoms with van der Waals surface area (Å²) in [7, 11) is 4.27. The monoisotopic (exact) mass is 335 g/mol. The molecule has 2 aromatic carbocycles. The van der Waals surface area contributed by atoms with E-state index in [1.165, 1.54) is 22.5 Å². The van der Waals surface area contributed by atoms with Crippen molar-refractivity contribution in [3.63, 3.8) is 0 Å². The van der Waals surface area contributed by atoms with Crippen LogP contribution < -0.4 is 9.80 Å². The number of aliphatic imine (C=N–C) groups is 1. The lowest BCUT2D eigenvalue weighted by Crippen LogP contribution is -2.40. The van der Waals surface area contributed by atoms with Crippen molar-refractivity contribution in [3.05, 3.63) is 53.6 Å². The molecule has 1 heterocycles. The van der Waals surface area contributed by atoms with E-state index in [0.29, 0.717) is 11.8 Å². The van der Waals surface area contributed by atoms with Crippen LogP contribution in [0.1, 0.15) is 50.7 Å². The second-order valence-corrected chi connectivity index (χ2v) is 7.50. The zero-order valence-corrected chi connectivity index (χ0v) is 16.2. The maximum absolute atomic E-state index is 5.01. The van der Waals surface area contributed by atoms with Gasteiger partial charge in [0.2, 0.25) is 0 Å². The number of benzene rings is 2. The van der Waals surface area contributed by atoms with Crippen molar-refractivity contribution in [1.29, 1.82) is 0 Å². The first-order valence-corrected chi connectivity index (χ1v) is 9.13. The van der Waals surface area contributed by atoms with Crippen LogP contribution in [0.4, 0.5) is 17.1 Å². The number of fused-ring (bicyclic) bond motifs is 1. The van der Waals surface area contributed by atoms with E-state index in [1.54, 1.807) is 0 Å². The predicted octanol–water partition coefficient (Wildman–Crippen LogP) is 5.55. The first-order valence-electron chi connectivity index (χ1n) is 9.13. The summed E-state index contributed by atoms with van der Waals surface area (Å²) in [5.74, 6) is 0.921. The summed E-state index contributed by atoms with van der Waals surface area (Å²) >= 11 is 0. The largest absolute Gasteiger partial charge is 0.348 e. The molecule has 0 saturated carbocycles. The van der Waals surface area contributed by atoms with Crippen LogP contribution >= 0.6 is 0 Å². The average Bonchev–Trinajstić information content (AvgIpc) is 2.84. The lowest BCUT2D eigenvalue weighted by Gasteiger charge is -2.24. The normalized spacial score (nSPS) is 15.0. The molecule has 132 valence electrons. The standard InChI is InChI=1S/C22H29N3/c1-15(2)17-10-9-11-18(16(3)4)22(17)23-14-21-24(5)19-12-7-8-13-20(19)25(21)6/h7-16,21H,1-6H3. The molecule has 0 bridgehead atoms. The SMILES string of the molecule is CC(C)c1cccc(C(C)C)c1N=CC1N(C)c2ccccc2N1C. The van der Waals surface area contributed by atoms with Gasteiger partial charge in [-0.3, -0.25) is 4.99 Å². The minimum Gasteiger partial charge on any atom is -0.348 e. The van der Waals surface area contributed by atoms with Crippen LogP contribution in [0.5, 0.6) is 0 Å². The molecule has 3 heteroatoms. The van der Waals surface area contributed by atoms with Gasteiger partial charge in [0, 0.05) is 20.3 Å². The number of hydrogen-bond acceptors (Lipinski definition) is 3. The lowest BCUT2D eigenvalue weighted by molar-refractivity contribution is 0.816. The molecule has 1 aliphatic heterocycles. The molecule has 0 radical (unpaired) electrons. The van der Waals surface area contributed by atoms with Gasteiger partial charge in [0.25, 0.3) is 0 Å². The number of rotatable bonds is 4. The average molecular weight is 335 g/mol. The van der Waals surface area contributed by atoms with Crippen molar-refractivity contribution in [2.45, 2.75) is 45.7 Å². The van der Waals surface area contributed by atoms with Crippen LogP contribution in [-0.2, 0) is 0 Å². The lowest BCUT2D eigenvalue weighted by atomic mass is 9.93. The van der Waals surface area contributed by atoms with Gasteiger partial charge in [0.1, 0.15) is 6.17 Å². The topological polar surface area (TPSA) is 18.8 Å². The molecule has 2 aromatic rings. The highest BCUT2D eigenvalue weighted by atomic mass is 15.4. The molecule has 0 amide bonds. The minimum absolute atomic E-state index is 0.137. The van der Waals surface area contributed by atoms with E-state index in [9.17, 15) is 0 Å². The highest BCUT2D eigenvalue weighted by molar-refractivity contribution is 5.88. The third-order valence-electron chi connectivity index (χ3n) is 5.11. The fourth-order valence-electron chi connectivity index (χ4n) is 3.61. The van der Waals surface area contributed by atoms with Gasteiger partial charge in [-0.15, -0.1) is 0 Å². The molecule has 0 spiro atoms. The Morgan fingerprint density at radius 3 is 1.72 bits per heavy atom. The maximum atomic E-state index is 5.01. The van der Waals surface area contributed by atoms with Crippen LogP contribution in [0.25, 0.3) is 0 Å². The molecule has 0 N–H and O–H groups in total. The third kappa shape index (κ3) is 3.15. The van der Waals surface area contributed by atoms with E-state index in [2.05, 4.69) is 100 Å². The molecule has 0 atom stereocenters. The van der Waals surface area contributed by atoms with Crippen molar-refractivity contribution < 1.29 is 0 Å². The Morgan fingerprint density at radius 1 is 0.800 bits per heavy atom. The second kappa shape index (κ2) is 6.91. The molecule has 3 rings (SSSR count). The summed E-state index contributed by atoms with van der Waals surface area (Å²) in [4.78, 5) is 9.57. The van der Waals surface area contributed by atoms with E-state index in [1.807, 2.05) is 0 Å². The van der Waals surface area contributed by atoms with Gasteiger partial charge in [-0.25, -0.2) is 0 Å². The molecule has 0 unspecified atom stereocenters. The number of anilines is 2. The number of nitrogens with zero attached hydrogens (tertiary/aromatic N) is 3. The summed E-state index contributed by atoms with van der Waals surface area (Å²) in [6.07, 6.45) is 2.23. The summed E-state index contributed by atoms with van der Waals surface area (Å²) in [6, 6.07) is 15.1. The summed E-state index contributed by atoms with van der Waals surface area (Å²) in [6.45, 7) is 8.95. The van der Waals surface area contributed by atoms with E-state index in [4.69, 9.17) is 4.99 Å². The minimum atomic E-state index is 0.137. The molecule has 0 fully saturated rings. The predicted molar refractivity (Wildman–Crippen MR) is 110 cm³/mol. The van der Waals surface area contributed by atoms with Crippen molar-refractivity contribution in [3.8, 4) is 0 Å². The molecule has 0 saturated heterocycles. The van der Waals surface area contributed by atoms with Gasteiger partial charge >= 0.3 is 0 Å². The molecule has 0 aliphatic carbocycles. The van der Waals surface area contributed by atoms with Crippen LogP contribution in [0.15, 0.2) is 47.5 Å². The molecular weight excluding hydrogens is 306 g/mol. The van der Waals surface area contributed by atoms with Crippen molar-refractivity contribution >= 4 is 23.3 Å². The fourth-order valence-corrected chi connectivity index (χ4v) is 3.61. The highest BCUT2D eigenvalue weighted by Crippen LogP contribution is 2.38. The van der Waals surface area contributed by atoms with Gasteiger partial charge in [-0.1, -0.05) is 58.0 Å². The molecule has 1 aliphatic rings. The van der Waals surface area contributed by atoms with E-state index < -0.39 is 0 Å². The van der Waals surface area contributed by atoms with Gasteiger partial charge < -0.3 is 9.80 Å². The summed E-state index contributed by atoms with van der Waals surface area (Å²) < 4.78 is 0. The van der Waals surface area contributed by atoms with Crippen LogP contribution in [0, 0.1) is 0 Å². The Kier molecular flexibility index (Phi) is 4.85. The molecular formula is C22H29N3. The Hall–Kier alpha value is -2.29. The highest BCUT2D eigenvalue weighted by Gasteiger charge is 2.29.